The van der Waals surface area contributed by atoms with Crippen LogP contribution in [0.25, 0.3) is 22.4 Å². The largest absolute Gasteiger partial charge is 2.00 e. The molecule has 3 heterocycles. The van der Waals surface area contributed by atoms with Crippen molar-refractivity contribution in [2.45, 2.75) is 44.9 Å². The predicted octanol–water partition coefficient (Wildman–Crippen LogP) is 6.57. The van der Waals surface area contributed by atoms with Crippen LogP contribution in [0.1, 0.15) is 50.3 Å². The molecule has 0 N–H and O–H groups in total. The van der Waals surface area contributed by atoms with E-state index >= 15 is 0 Å². The molecule has 0 saturated heterocycles. The van der Waals surface area contributed by atoms with Gasteiger partial charge in [-0.25, -0.2) is 5.56 Å². The van der Waals surface area contributed by atoms with Crippen molar-refractivity contribution in [2.24, 2.45) is 0 Å². The Morgan fingerprint density at radius 3 is 2.03 bits per heavy atom. The third-order valence-corrected chi connectivity index (χ3v) is 6.35. The Kier molecular flexibility index (Phi) is 5.94. The summed E-state index contributed by atoms with van der Waals surface area (Å²) in [5.74, 6) is 0. The number of hydrogen-bond acceptors (Lipinski definition) is 2. The summed E-state index contributed by atoms with van der Waals surface area (Å²) in [7, 11) is 0. The molecule has 0 unspecified atom stereocenters. The number of benzene rings is 2. The first kappa shape index (κ1) is 22.6. The summed E-state index contributed by atoms with van der Waals surface area (Å²) < 4.78 is 0. The second kappa shape index (κ2) is 8.41. The van der Waals surface area contributed by atoms with Crippen molar-refractivity contribution in [1.29, 1.82) is 0 Å². The Balaban J connectivity index is 0.00000245. The number of pyridine rings is 2. The third-order valence-electron chi connectivity index (χ3n) is 6.35. The fraction of sp³-hybridized carbons (Fsp3) is 0.241. The van der Waals surface area contributed by atoms with Crippen molar-refractivity contribution in [3.05, 3.63) is 108 Å². The van der Waals surface area contributed by atoms with Gasteiger partial charge in [0.25, 0.3) is 0 Å². The maximum Gasteiger partial charge on any atom is 2.00 e. The van der Waals surface area contributed by atoms with Gasteiger partial charge in [0.15, 0.2) is 0 Å². The van der Waals surface area contributed by atoms with E-state index in [1.807, 2.05) is 0 Å². The van der Waals surface area contributed by atoms with Gasteiger partial charge in [0.1, 0.15) is 0 Å². The van der Waals surface area contributed by atoms with Crippen LogP contribution < -0.4 is 0 Å². The summed E-state index contributed by atoms with van der Waals surface area (Å²) in [6.07, 6.45) is 0.841. The van der Waals surface area contributed by atoms with Gasteiger partial charge in [-0.15, -0.1) is 29.3 Å². The summed E-state index contributed by atoms with van der Waals surface area (Å²) in [6, 6.07) is 32.5. The van der Waals surface area contributed by atoms with Gasteiger partial charge >= 0.3 is 21.1 Å². The van der Waals surface area contributed by atoms with E-state index in [1.54, 1.807) is 0 Å². The first-order valence-corrected chi connectivity index (χ1v) is 10.8. The number of aromatic nitrogens is 2. The molecular formula is C29H26N2Pt. The van der Waals surface area contributed by atoms with E-state index in [1.165, 1.54) is 5.56 Å². The van der Waals surface area contributed by atoms with Gasteiger partial charge in [0.05, 0.1) is 5.69 Å². The Morgan fingerprint density at radius 2 is 1.25 bits per heavy atom. The van der Waals surface area contributed by atoms with Crippen molar-refractivity contribution in [2.75, 3.05) is 0 Å². The smallest absolute Gasteiger partial charge is 0.291 e. The van der Waals surface area contributed by atoms with Crippen LogP contribution in [0.2, 0.25) is 0 Å². The molecule has 1 aliphatic rings. The second-order valence-corrected chi connectivity index (χ2v) is 9.56. The van der Waals surface area contributed by atoms with Crippen molar-refractivity contribution < 1.29 is 21.1 Å². The molecule has 0 amide bonds. The third kappa shape index (κ3) is 4.09. The van der Waals surface area contributed by atoms with E-state index in [0.29, 0.717) is 0 Å². The Hall–Kier alpha value is -2.57. The summed E-state index contributed by atoms with van der Waals surface area (Å²) in [5, 5.41) is 0. The standard InChI is InChI=1S/C29H26N2.Pt/c1-28(2)19-24-13-7-15-26(30-24)29(3,4)27-16-8-14-25(31-27)22-11-5-9-20(17-22)21-10-6-12-23(28)18-21;/h5-16H,19H2,1-4H3;/q-2;+2. The molecule has 2 aromatic carbocycles. The van der Waals surface area contributed by atoms with E-state index in [-0.39, 0.29) is 31.9 Å². The van der Waals surface area contributed by atoms with Gasteiger partial charge in [0, 0.05) is 22.5 Å². The van der Waals surface area contributed by atoms with Crippen LogP contribution in [0.4, 0.5) is 0 Å². The van der Waals surface area contributed by atoms with E-state index < -0.39 is 0 Å². The summed E-state index contributed by atoms with van der Waals surface area (Å²) >= 11 is 0. The topological polar surface area (TPSA) is 25.8 Å². The normalized spacial score (nSPS) is 15.6. The van der Waals surface area contributed by atoms with Crippen molar-refractivity contribution >= 4 is 0 Å². The van der Waals surface area contributed by atoms with E-state index in [9.17, 15) is 0 Å². The second-order valence-electron chi connectivity index (χ2n) is 9.56. The maximum atomic E-state index is 5.09. The van der Waals surface area contributed by atoms with Crippen molar-refractivity contribution in [3.63, 3.8) is 0 Å². The van der Waals surface area contributed by atoms with Gasteiger partial charge in [0.2, 0.25) is 0 Å². The minimum Gasteiger partial charge on any atom is -0.291 e. The van der Waals surface area contributed by atoms with E-state index in [2.05, 4.69) is 113 Å². The SMILES string of the molecule is CC1(C)Cc2cccc(n2)C(C)(C)c2cccc(n2)-c2[c-]c(ccc2)-c2[c-]c1ccc2.[Pt+2]. The number of rotatable bonds is 0. The Bertz CT molecular complexity index is 1270. The van der Waals surface area contributed by atoms with Gasteiger partial charge in [-0.3, -0.25) is 9.97 Å². The van der Waals surface area contributed by atoms with Gasteiger partial charge in [-0.1, -0.05) is 32.0 Å². The molecule has 0 saturated carbocycles. The average Bonchev–Trinajstić information content (AvgIpc) is 2.79. The Labute approximate surface area is 205 Å². The number of nitrogens with zero attached hydrogens (tertiary/aromatic N) is 2. The molecule has 1 aliphatic heterocycles. The monoisotopic (exact) mass is 597 g/mol. The Morgan fingerprint density at radius 1 is 0.656 bits per heavy atom. The van der Waals surface area contributed by atoms with Crippen molar-refractivity contribution in [1.82, 2.24) is 9.97 Å². The minimum absolute atomic E-state index is 0. The first-order chi connectivity index (χ1) is 14.8. The molecule has 8 bridgehead atoms. The fourth-order valence-corrected chi connectivity index (χ4v) is 4.33. The van der Waals surface area contributed by atoms with Crippen molar-refractivity contribution in [3.8, 4) is 22.4 Å². The van der Waals surface area contributed by atoms with Crippen LogP contribution in [0, 0.1) is 12.1 Å². The van der Waals surface area contributed by atoms with Crippen LogP contribution in [0.5, 0.6) is 0 Å². The molecule has 0 aliphatic carbocycles. The minimum atomic E-state index is -0.308. The van der Waals surface area contributed by atoms with Gasteiger partial charge in [-0.2, -0.15) is 35.9 Å². The molecular weight excluding hydrogens is 571 g/mol. The first-order valence-electron chi connectivity index (χ1n) is 10.8. The van der Waals surface area contributed by atoms with Gasteiger partial charge < -0.3 is 0 Å². The maximum absolute atomic E-state index is 5.09. The molecule has 32 heavy (non-hydrogen) atoms. The van der Waals surface area contributed by atoms with Crippen LogP contribution in [-0.2, 0) is 38.3 Å². The molecule has 2 nitrogen and oxygen atoms in total. The fourth-order valence-electron chi connectivity index (χ4n) is 4.33. The zero-order valence-electron chi connectivity index (χ0n) is 18.8. The molecule has 0 atom stereocenters. The molecule has 0 spiro atoms. The molecule has 0 radical (unpaired) electrons. The molecule has 4 aromatic rings. The number of hydrogen-bond donors (Lipinski definition) is 0. The molecule has 0 fully saturated rings. The van der Waals surface area contributed by atoms with Crippen LogP contribution in [0.3, 0.4) is 0 Å². The quantitative estimate of drug-likeness (QED) is 0.215. The van der Waals surface area contributed by atoms with Crippen LogP contribution >= 0.6 is 0 Å². The molecule has 5 rings (SSSR count). The zero-order chi connectivity index (χ0) is 21.6. The van der Waals surface area contributed by atoms with E-state index in [0.717, 1.165) is 45.9 Å². The van der Waals surface area contributed by atoms with Gasteiger partial charge in [-0.05, 0) is 43.9 Å². The zero-order valence-corrected chi connectivity index (χ0v) is 21.1. The summed E-state index contributed by atoms with van der Waals surface area (Å²) in [5.41, 5.74) is 7.93. The molecule has 3 heteroatoms. The predicted molar refractivity (Wildman–Crippen MR) is 126 cm³/mol. The number of fused-ring (bicyclic) bond motifs is 10. The summed E-state index contributed by atoms with van der Waals surface area (Å²) in [4.78, 5) is 10.1. The van der Waals surface area contributed by atoms with Crippen LogP contribution in [0.15, 0.2) is 72.8 Å². The van der Waals surface area contributed by atoms with Crippen LogP contribution in [-0.4, -0.2) is 9.97 Å². The van der Waals surface area contributed by atoms with E-state index in [4.69, 9.17) is 9.97 Å². The average molecular weight is 598 g/mol. The molecule has 2 aromatic heterocycles. The summed E-state index contributed by atoms with van der Waals surface area (Å²) in [6.45, 7) is 8.94. The molecule has 162 valence electrons.